The van der Waals surface area contributed by atoms with Crippen molar-refractivity contribution in [2.75, 3.05) is 11.9 Å². The molecule has 0 unspecified atom stereocenters. The third-order valence-electron chi connectivity index (χ3n) is 2.62. The van der Waals surface area contributed by atoms with E-state index in [2.05, 4.69) is 20.9 Å². The molecule has 0 saturated carbocycles. The Labute approximate surface area is 115 Å². The summed E-state index contributed by atoms with van der Waals surface area (Å²) in [5.41, 5.74) is 1.00. The van der Waals surface area contributed by atoms with Gasteiger partial charge in [-0.1, -0.05) is 46.3 Å². The Kier molecular flexibility index (Phi) is 4.10. The molecule has 3 nitrogen and oxygen atoms in total. The van der Waals surface area contributed by atoms with E-state index in [-0.39, 0.29) is 5.91 Å². The van der Waals surface area contributed by atoms with Gasteiger partial charge >= 0.3 is 0 Å². The topological polar surface area (TPSA) is 33.2 Å². The summed E-state index contributed by atoms with van der Waals surface area (Å²) in [6.07, 6.45) is 2.05. The SMILES string of the molecule is CN(C(=O)Cc1ccccc1)c1cc(Br)ccn1. The number of hydrogen-bond acceptors (Lipinski definition) is 2. The van der Waals surface area contributed by atoms with Crippen LogP contribution in [0.2, 0.25) is 0 Å². The molecule has 1 aromatic heterocycles. The van der Waals surface area contributed by atoms with Crippen LogP contribution in [0.25, 0.3) is 0 Å². The maximum absolute atomic E-state index is 12.1. The molecule has 1 aromatic carbocycles. The van der Waals surface area contributed by atoms with E-state index in [4.69, 9.17) is 0 Å². The van der Waals surface area contributed by atoms with E-state index in [1.807, 2.05) is 42.5 Å². The van der Waals surface area contributed by atoms with E-state index >= 15 is 0 Å². The van der Waals surface area contributed by atoms with E-state index in [9.17, 15) is 4.79 Å². The Morgan fingerprint density at radius 2 is 2.00 bits per heavy atom. The van der Waals surface area contributed by atoms with Crippen LogP contribution >= 0.6 is 15.9 Å². The number of carbonyl (C=O) groups excluding carboxylic acids is 1. The maximum Gasteiger partial charge on any atom is 0.232 e. The van der Waals surface area contributed by atoms with Gasteiger partial charge in [-0.05, 0) is 17.7 Å². The lowest BCUT2D eigenvalue weighted by Crippen LogP contribution is -2.28. The first-order valence-corrected chi connectivity index (χ1v) is 6.38. The molecule has 0 atom stereocenters. The second-order valence-electron chi connectivity index (χ2n) is 3.95. The molecule has 0 aliphatic carbocycles. The number of nitrogens with zero attached hydrogens (tertiary/aromatic N) is 2. The van der Waals surface area contributed by atoms with Crippen LogP contribution in [-0.2, 0) is 11.2 Å². The Hall–Kier alpha value is -1.68. The first kappa shape index (κ1) is 12.8. The van der Waals surface area contributed by atoms with Crippen LogP contribution in [0.3, 0.4) is 0 Å². The van der Waals surface area contributed by atoms with Crippen molar-refractivity contribution in [1.29, 1.82) is 0 Å². The summed E-state index contributed by atoms with van der Waals surface area (Å²) in [6.45, 7) is 0. The number of rotatable bonds is 3. The Balaban J connectivity index is 2.10. The standard InChI is InChI=1S/C14H13BrN2O/c1-17(13-10-12(15)7-8-16-13)14(18)9-11-5-3-2-4-6-11/h2-8,10H,9H2,1H3. The number of amides is 1. The zero-order valence-corrected chi connectivity index (χ0v) is 11.6. The van der Waals surface area contributed by atoms with Gasteiger partial charge in [0.2, 0.25) is 5.91 Å². The van der Waals surface area contributed by atoms with Gasteiger partial charge in [0.25, 0.3) is 0 Å². The summed E-state index contributed by atoms with van der Waals surface area (Å²) in [4.78, 5) is 17.8. The van der Waals surface area contributed by atoms with Crippen molar-refractivity contribution in [3.05, 3.63) is 58.7 Å². The van der Waals surface area contributed by atoms with Gasteiger partial charge in [0.05, 0.1) is 6.42 Å². The van der Waals surface area contributed by atoms with E-state index < -0.39 is 0 Å². The second-order valence-corrected chi connectivity index (χ2v) is 4.86. The number of pyridine rings is 1. The van der Waals surface area contributed by atoms with Gasteiger partial charge in [-0.15, -0.1) is 0 Å². The second kappa shape index (κ2) is 5.78. The van der Waals surface area contributed by atoms with Crippen LogP contribution in [0.1, 0.15) is 5.56 Å². The number of anilines is 1. The Morgan fingerprint density at radius 1 is 1.28 bits per heavy atom. The van der Waals surface area contributed by atoms with E-state index in [0.29, 0.717) is 12.2 Å². The smallest absolute Gasteiger partial charge is 0.232 e. The maximum atomic E-state index is 12.1. The highest BCUT2D eigenvalue weighted by Crippen LogP contribution is 2.16. The van der Waals surface area contributed by atoms with Crippen molar-refractivity contribution >= 4 is 27.7 Å². The molecule has 2 rings (SSSR count). The van der Waals surface area contributed by atoms with Gasteiger partial charge in [-0.25, -0.2) is 4.98 Å². The van der Waals surface area contributed by atoms with Crippen LogP contribution in [0, 0.1) is 0 Å². The molecule has 1 amide bonds. The fourth-order valence-corrected chi connectivity index (χ4v) is 1.92. The third kappa shape index (κ3) is 3.17. The molecule has 0 radical (unpaired) electrons. The summed E-state index contributed by atoms with van der Waals surface area (Å²) in [7, 11) is 1.74. The first-order valence-electron chi connectivity index (χ1n) is 5.59. The quantitative estimate of drug-likeness (QED) is 0.873. The summed E-state index contributed by atoms with van der Waals surface area (Å²) >= 11 is 3.37. The molecule has 2 aromatic rings. The number of aromatic nitrogens is 1. The zero-order valence-electron chi connectivity index (χ0n) is 10.0. The predicted octanol–water partition coefficient (Wildman–Crippen LogP) is 3.05. The lowest BCUT2D eigenvalue weighted by molar-refractivity contribution is -0.117. The summed E-state index contributed by atoms with van der Waals surface area (Å²) in [5, 5.41) is 0. The molecular formula is C14H13BrN2O. The molecule has 0 N–H and O–H groups in total. The lowest BCUT2D eigenvalue weighted by Gasteiger charge is -2.16. The van der Waals surface area contributed by atoms with Gasteiger partial charge in [0, 0.05) is 17.7 Å². The molecule has 0 saturated heterocycles. The van der Waals surface area contributed by atoms with Crippen molar-refractivity contribution in [1.82, 2.24) is 4.98 Å². The highest BCUT2D eigenvalue weighted by Gasteiger charge is 2.12. The van der Waals surface area contributed by atoms with Gasteiger partial charge in [0.1, 0.15) is 5.82 Å². The van der Waals surface area contributed by atoms with Crippen molar-refractivity contribution in [3.8, 4) is 0 Å². The molecule has 0 aliphatic heterocycles. The third-order valence-corrected chi connectivity index (χ3v) is 3.12. The summed E-state index contributed by atoms with van der Waals surface area (Å²) in [5.74, 6) is 0.664. The minimum atomic E-state index is 0.0202. The molecule has 92 valence electrons. The van der Waals surface area contributed by atoms with Crippen molar-refractivity contribution in [2.45, 2.75) is 6.42 Å². The molecule has 18 heavy (non-hydrogen) atoms. The van der Waals surface area contributed by atoms with Crippen LogP contribution < -0.4 is 4.90 Å². The van der Waals surface area contributed by atoms with Gasteiger partial charge in [0.15, 0.2) is 0 Å². The summed E-state index contributed by atoms with van der Waals surface area (Å²) in [6, 6.07) is 13.3. The zero-order chi connectivity index (χ0) is 13.0. The van der Waals surface area contributed by atoms with E-state index in [1.165, 1.54) is 0 Å². The molecule has 0 bridgehead atoms. The number of halogens is 1. The number of carbonyl (C=O) groups is 1. The largest absolute Gasteiger partial charge is 0.300 e. The van der Waals surface area contributed by atoms with E-state index in [1.54, 1.807) is 18.1 Å². The Morgan fingerprint density at radius 3 is 2.67 bits per heavy atom. The number of benzene rings is 1. The summed E-state index contributed by atoms with van der Waals surface area (Å²) < 4.78 is 0.909. The normalized spacial score (nSPS) is 10.1. The van der Waals surface area contributed by atoms with Crippen LogP contribution in [0.15, 0.2) is 53.1 Å². The van der Waals surface area contributed by atoms with Crippen molar-refractivity contribution in [2.24, 2.45) is 0 Å². The van der Waals surface area contributed by atoms with Crippen LogP contribution in [0.4, 0.5) is 5.82 Å². The van der Waals surface area contributed by atoms with E-state index in [0.717, 1.165) is 10.0 Å². The molecular weight excluding hydrogens is 292 g/mol. The van der Waals surface area contributed by atoms with Gasteiger partial charge in [-0.3, -0.25) is 9.69 Å². The molecule has 0 spiro atoms. The molecule has 4 heteroatoms. The number of likely N-dealkylation sites (N-methyl/N-ethyl adjacent to an activating group) is 1. The molecule has 1 heterocycles. The fourth-order valence-electron chi connectivity index (χ4n) is 1.59. The minimum absolute atomic E-state index is 0.0202. The first-order chi connectivity index (χ1) is 8.66. The predicted molar refractivity (Wildman–Crippen MR) is 75.5 cm³/mol. The lowest BCUT2D eigenvalue weighted by atomic mass is 10.1. The van der Waals surface area contributed by atoms with Gasteiger partial charge < -0.3 is 0 Å². The molecule has 0 fully saturated rings. The average molecular weight is 305 g/mol. The highest BCUT2D eigenvalue weighted by molar-refractivity contribution is 9.10. The average Bonchev–Trinajstić information content (AvgIpc) is 2.39. The highest BCUT2D eigenvalue weighted by atomic mass is 79.9. The minimum Gasteiger partial charge on any atom is -0.300 e. The van der Waals surface area contributed by atoms with Gasteiger partial charge in [-0.2, -0.15) is 0 Å². The van der Waals surface area contributed by atoms with Crippen molar-refractivity contribution < 1.29 is 4.79 Å². The Bertz CT molecular complexity index is 543. The van der Waals surface area contributed by atoms with Crippen LogP contribution in [0.5, 0.6) is 0 Å². The molecule has 0 aliphatic rings. The fraction of sp³-hybridized carbons (Fsp3) is 0.143. The monoisotopic (exact) mass is 304 g/mol. The van der Waals surface area contributed by atoms with Crippen molar-refractivity contribution in [3.63, 3.8) is 0 Å². The van der Waals surface area contributed by atoms with Crippen LogP contribution in [-0.4, -0.2) is 17.9 Å². The number of hydrogen-bond donors (Lipinski definition) is 0.